The summed E-state index contributed by atoms with van der Waals surface area (Å²) in [5.41, 5.74) is 0.887. The van der Waals surface area contributed by atoms with Crippen LogP contribution in [0.3, 0.4) is 0 Å². The highest BCUT2D eigenvalue weighted by molar-refractivity contribution is 5.98. The molecule has 7 nitrogen and oxygen atoms in total. The average Bonchev–Trinajstić information content (AvgIpc) is 2.94. The first-order chi connectivity index (χ1) is 10.9. The average molecular weight is 319 g/mol. The number of hydrazone groups is 1. The highest BCUT2D eigenvalue weighted by atomic mass is 16.5. The number of rotatable bonds is 6. The predicted molar refractivity (Wildman–Crippen MR) is 86.9 cm³/mol. The molecule has 0 saturated heterocycles. The Morgan fingerprint density at radius 1 is 1.39 bits per heavy atom. The molecule has 0 fully saturated rings. The van der Waals surface area contributed by atoms with Crippen LogP contribution in [0.1, 0.15) is 30.6 Å². The molecule has 0 aliphatic carbocycles. The van der Waals surface area contributed by atoms with Crippen molar-refractivity contribution in [1.82, 2.24) is 5.32 Å². The minimum Gasteiger partial charge on any atom is -0.479 e. The van der Waals surface area contributed by atoms with E-state index in [0.29, 0.717) is 5.56 Å². The number of carboxylic acids is 1. The van der Waals surface area contributed by atoms with E-state index in [9.17, 15) is 14.7 Å². The Morgan fingerprint density at radius 3 is 2.52 bits per heavy atom. The van der Waals surface area contributed by atoms with Gasteiger partial charge in [0.1, 0.15) is 0 Å². The van der Waals surface area contributed by atoms with Crippen molar-refractivity contribution in [2.45, 2.75) is 25.8 Å². The summed E-state index contributed by atoms with van der Waals surface area (Å²) >= 11 is 0. The lowest BCUT2D eigenvalue weighted by Crippen LogP contribution is -2.55. The van der Waals surface area contributed by atoms with Gasteiger partial charge in [-0.3, -0.25) is 9.80 Å². The van der Waals surface area contributed by atoms with Gasteiger partial charge in [-0.15, -0.1) is 0 Å². The van der Waals surface area contributed by atoms with Crippen molar-refractivity contribution in [1.29, 1.82) is 0 Å². The molecule has 1 atom stereocenters. The van der Waals surface area contributed by atoms with E-state index < -0.39 is 17.4 Å². The van der Waals surface area contributed by atoms with Crippen LogP contribution in [0.5, 0.6) is 0 Å². The number of nitrogens with zero attached hydrogens (tertiary/aromatic N) is 2. The van der Waals surface area contributed by atoms with Crippen LogP contribution in [0.15, 0.2) is 29.4 Å². The Balaban J connectivity index is 2.09. The number of ether oxygens (including phenoxy) is 1. The fourth-order valence-corrected chi connectivity index (χ4v) is 2.31. The summed E-state index contributed by atoms with van der Waals surface area (Å²) in [6.45, 7) is 4.09. The zero-order valence-corrected chi connectivity index (χ0v) is 13.5. The van der Waals surface area contributed by atoms with Crippen LogP contribution in [0, 0.1) is 0 Å². The first-order valence-electron chi connectivity index (χ1n) is 7.32. The molecule has 2 rings (SSSR count). The Kier molecular flexibility index (Phi) is 5.00. The molecule has 0 radical (unpaired) electrons. The van der Waals surface area contributed by atoms with E-state index >= 15 is 0 Å². The maximum absolute atomic E-state index is 12.3. The van der Waals surface area contributed by atoms with Gasteiger partial charge in [0.25, 0.3) is 5.91 Å². The molecule has 1 aromatic carbocycles. The van der Waals surface area contributed by atoms with Gasteiger partial charge >= 0.3 is 5.97 Å². The maximum atomic E-state index is 12.3. The fraction of sp³-hybridized carbons (Fsp3) is 0.438. The summed E-state index contributed by atoms with van der Waals surface area (Å²) in [6.07, 6.45) is 0.927. The minimum atomic E-state index is -1.47. The summed E-state index contributed by atoms with van der Waals surface area (Å²) in [6, 6.07) is 6.91. The molecule has 1 aromatic rings. The van der Waals surface area contributed by atoms with Crippen molar-refractivity contribution in [3.8, 4) is 0 Å². The van der Waals surface area contributed by atoms with Crippen LogP contribution >= 0.6 is 0 Å². The van der Waals surface area contributed by atoms with Gasteiger partial charge in [-0.1, -0.05) is 0 Å². The second kappa shape index (κ2) is 6.78. The molecule has 0 bridgehead atoms. The molecule has 1 unspecified atom stereocenters. The minimum absolute atomic E-state index is 0.117. The van der Waals surface area contributed by atoms with Gasteiger partial charge in [0, 0.05) is 31.4 Å². The molecule has 1 aliphatic heterocycles. The first-order valence-corrected chi connectivity index (χ1v) is 7.32. The number of aliphatic carboxylic acids is 1. The quantitative estimate of drug-likeness (QED) is 0.829. The van der Waals surface area contributed by atoms with Crippen molar-refractivity contribution in [3.05, 3.63) is 29.8 Å². The van der Waals surface area contributed by atoms with E-state index in [-0.39, 0.29) is 6.61 Å². The molecule has 23 heavy (non-hydrogen) atoms. The van der Waals surface area contributed by atoms with Gasteiger partial charge in [-0.25, -0.2) is 4.79 Å². The van der Waals surface area contributed by atoms with E-state index in [1.807, 2.05) is 11.9 Å². The van der Waals surface area contributed by atoms with Gasteiger partial charge < -0.3 is 15.2 Å². The van der Waals surface area contributed by atoms with Crippen LogP contribution < -0.4 is 10.3 Å². The number of carbonyl (C=O) groups is 2. The molecule has 2 N–H and O–H groups in total. The molecule has 124 valence electrons. The summed E-state index contributed by atoms with van der Waals surface area (Å²) in [7, 11) is 1.39. The van der Waals surface area contributed by atoms with Crippen LogP contribution in [0.4, 0.5) is 5.69 Å². The van der Waals surface area contributed by atoms with Crippen LogP contribution in [0.25, 0.3) is 0 Å². The second-order valence-corrected chi connectivity index (χ2v) is 5.78. The van der Waals surface area contributed by atoms with E-state index in [2.05, 4.69) is 10.4 Å². The number of benzene rings is 1. The highest BCUT2D eigenvalue weighted by Crippen LogP contribution is 2.20. The number of methoxy groups -OCH3 is 1. The largest absolute Gasteiger partial charge is 0.479 e. The molecular formula is C16H21N3O4. The molecule has 0 aromatic heterocycles. The zero-order valence-electron chi connectivity index (χ0n) is 13.5. The van der Waals surface area contributed by atoms with E-state index in [0.717, 1.165) is 24.4 Å². The summed E-state index contributed by atoms with van der Waals surface area (Å²) < 4.78 is 4.88. The summed E-state index contributed by atoms with van der Waals surface area (Å²) in [4.78, 5) is 23.6. The predicted octanol–water partition coefficient (Wildman–Crippen LogP) is 1.49. The van der Waals surface area contributed by atoms with Gasteiger partial charge in [0.05, 0.1) is 12.3 Å². The lowest BCUT2D eigenvalue weighted by Gasteiger charge is -2.25. The molecular weight excluding hydrogens is 298 g/mol. The SMILES string of the molecule is COCC(C)(NC(=O)c1ccc(N2CCC(C)=N2)cc1)C(=O)O. The highest BCUT2D eigenvalue weighted by Gasteiger charge is 2.35. The third-order valence-corrected chi connectivity index (χ3v) is 3.70. The third-order valence-electron chi connectivity index (χ3n) is 3.70. The van der Waals surface area contributed by atoms with Crippen molar-refractivity contribution in [3.63, 3.8) is 0 Å². The standard InChI is InChI=1S/C16H21N3O4/c1-11-8-9-19(18-11)13-6-4-12(5-7-13)14(20)17-16(2,10-23-3)15(21)22/h4-7H,8-10H2,1-3H3,(H,17,20)(H,21,22). The summed E-state index contributed by atoms with van der Waals surface area (Å²) in [5.74, 6) is -1.61. The third kappa shape index (κ3) is 3.87. The number of amides is 1. The Morgan fingerprint density at radius 2 is 2.04 bits per heavy atom. The fourth-order valence-electron chi connectivity index (χ4n) is 2.31. The number of carbonyl (C=O) groups excluding carboxylic acids is 1. The zero-order chi connectivity index (χ0) is 17.0. The molecule has 0 spiro atoms. The molecule has 0 saturated carbocycles. The molecule has 7 heteroatoms. The topological polar surface area (TPSA) is 91.2 Å². The van der Waals surface area contributed by atoms with Gasteiger partial charge in [-0.05, 0) is 38.1 Å². The van der Waals surface area contributed by atoms with Crippen molar-refractivity contribution in [2.75, 3.05) is 25.3 Å². The second-order valence-electron chi connectivity index (χ2n) is 5.78. The number of carboxylic acid groups (broad SMARTS) is 1. The Labute approximate surface area is 134 Å². The number of hydrogen-bond donors (Lipinski definition) is 2. The van der Waals surface area contributed by atoms with Crippen molar-refractivity contribution >= 4 is 23.3 Å². The molecule has 1 heterocycles. The van der Waals surface area contributed by atoms with Crippen molar-refractivity contribution < 1.29 is 19.4 Å². The van der Waals surface area contributed by atoms with Crippen LogP contribution in [-0.2, 0) is 9.53 Å². The Bertz CT molecular complexity index is 627. The van der Waals surface area contributed by atoms with Crippen LogP contribution in [-0.4, -0.2) is 48.5 Å². The van der Waals surface area contributed by atoms with Gasteiger partial charge in [0.2, 0.25) is 0 Å². The molecule has 1 aliphatic rings. The van der Waals surface area contributed by atoms with E-state index in [1.165, 1.54) is 14.0 Å². The molecule has 1 amide bonds. The number of hydrogen-bond acceptors (Lipinski definition) is 5. The van der Waals surface area contributed by atoms with E-state index in [4.69, 9.17) is 4.74 Å². The lowest BCUT2D eigenvalue weighted by atomic mass is 10.0. The van der Waals surface area contributed by atoms with E-state index in [1.54, 1.807) is 24.3 Å². The first kappa shape index (κ1) is 17.0. The van der Waals surface area contributed by atoms with Gasteiger partial charge in [0.15, 0.2) is 5.54 Å². The smallest absolute Gasteiger partial charge is 0.331 e. The van der Waals surface area contributed by atoms with Crippen LogP contribution in [0.2, 0.25) is 0 Å². The van der Waals surface area contributed by atoms with Gasteiger partial charge in [-0.2, -0.15) is 5.10 Å². The number of anilines is 1. The Hall–Kier alpha value is -2.41. The normalized spacial score (nSPS) is 16.7. The lowest BCUT2D eigenvalue weighted by molar-refractivity contribution is -0.145. The van der Waals surface area contributed by atoms with Crippen molar-refractivity contribution in [2.24, 2.45) is 5.10 Å². The number of nitrogens with one attached hydrogen (secondary N) is 1. The maximum Gasteiger partial charge on any atom is 0.331 e. The monoisotopic (exact) mass is 319 g/mol. The summed E-state index contributed by atoms with van der Waals surface area (Å²) in [5, 5.41) is 18.0.